The Bertz CT molecular complexity index is 1250. The third-order valence-corrected chi connectivity index (χ3v) is 8.35. The van der Waals surface area contributed by atoms with Crippen molar-refractivity contribution in [3.8, 4) is 0 Å². The van der Waals surface area contributed by atoms with Gasteiger partial charge in [0, 0.05) is 56.2 Å². The number of hydrogen-bond acceptors (Lipinski definition) is 7. The van der Waals surface area contributed by atoms with Crippen molar-refractivity contribution in [2.45, 2.75) is 43.0 Å². The van der Waals surface area contributed by atoms with Crippen LogP contribution < -0.4 is 10.2 Å². The number of likely N-dealkylation sites (tertiary alicyclic amines) is 1. The van der Waals surface area contributed by atoms with E-state index in [2.05, 4.69) is 10.3 Å². The number of nitrogens with one attached hydrogen (secondary N) is 1. The van der Waals surface area contributed by atoms with E-state index in [0.717, 1.165) is 38.5 Å². The van der Waals surface area contributed by atoms with E-state index in [9.17, 15) is 18.0 Å². The molecule has 200 valence electrons. The van der Waals surface area contributed by atoms with Gasteiger partial charge in [0.05, 0.1) is 23.2 Å². The largest absolute Gasteiger partial charge is 0.383 e. The van der Waals surface area contributed by atoms with Crippen LogP contribution in [-0.2, 0) is 19.4 Å². The minimum atomic E-state index is -3.52. The first-order valence-electron chi connectivity index (χ1n) is 12.5. The third-order valence-electron chi connectivity index (χ3n) is 7.04. The van der Waals surface area contributed by atoms with Gasteiger partial charge in [0.25, 0.3) is 5.91 Å². The maximum Gasteiger partial charge on any atom is 0.255 e. The zero-order valence-corrected chi connectivity index (χ0v) is 22.7. The molecule has 2 amide bonds. The molecule has 11 heteroatoms. The summed E-state index contributed by atoms with van der Waals surface area (Å²) < 4.78 is 29.6. The lowest BCUT2D eigenvalue weighted by atomic mass is 9.92. The first kappa shape index (κ1) is 27.3. The van der Waals surface area contributed by atoms with E-state index in [0.29, 0.717) is 48.2 Å². The molecule has 3 heterocycles. The predicted octanol–water partition coefficient (Wildman–Crippen LogP) is 3.63. The first-order chi connectivity index (χ1) is 17.7. The van der Waals surface area contributed by atoms with E-state index in [1.807, 2.05) is 9.80 Å². The fourth-order valence-electron chi connectivity index (χ4n) is 5.05. The molecule has 2 aromatic rings. The molecule has 37 heavy (non-hydrogen) atoms. The van der Waals surface area contributed by atoms with Gasteiger partial charge in [-0.25, -0.2) is 13.4 Å². The Kier molecular flexibility index (Phi) is 8.71. The van der Waals surface area contributed by atoms with Gasteiger partial charge in [-0.2, -0.15) is 0 Å². The van der Waals surface area contributed by atoms with Crippen LogP contribution in [0.5, 0.6) is 0 Å². The summed E-state index contributed by atoms with van der Waals surface area (Å²) in [5.74, 6) is 0.538. The number of hydrogen-bond donors (Lipinski definition) is 1. The Morgan fingerprint density at radius 3 is 2.59 bits per heavy atom. The molecule has 0 radical (unpaired) electrons. The summed E-state index contributed by atoms with van der Waals surface area (Å²) in [6.07, 6.45) is 6.52. The number of pyridine rings is 1. The summed E-state index contributed by atoms with van der Waals surface area (Å²) in [4.78, 5) is 34.3. The number of methoxy groups -OCH3 is 1. The molecule has 1 aromatic heterocycles. The maximum absolute atomic E-state index is 12.9. The SMILES string of the molecule is COC[C@H]1CCCN1C(=O)CC1CCN(c2ncc(S(C)(=O)=O)cc2NC(=O)c2cccc(Cl)c2)CC1. The number of amides is 2. The Hall–Kier alpha value is -2.69. The number of carbonyl (C=O) groups is 2. The Labute approximate surface area is 223 Å². The van der Waals surface area contributed by atoms with Gasteiger partial charge in [-0.15, -0.1) is 0 Å². The summed E-state index contributed by atoms with van der Waals surface area (Å²) in [6, 6.07) is 8.14. The zero-order valence-electron chi connectivity index (χ0n) is 21.2. The normalized spacial score (nSPS) is 18.7. The molecular formula is C26H33ClN4O5S. The van der Waals surface area contributed by atoms with Gasteiger partial charge in [-0.05, 0) is 55.9 Å². The van der Waals surface area contributed by atoms with Crippen LogP contribution in [0.15, 0.2) is 41.4 Å². The monoisotopic (exact) mass is 548 g/mol. The fraction of sp³-hybridized carbons (Fsp3) is 0.500. The average Bonchev–Trinajstić information content (AvgIpc) is 3.33. The van der Waals surface area contributed by atoms with Crippen LogP contribution in [0, 0.1) is 5.92 Å². The molecule has 2 aliphatic rings. The van der Waals surface area contributed by atoms with Gasteiger partial charge in [-0.1, -0.05) is 17.7 Å². The molecule has 1 N–H and O–H groups in total. The van der Waals surface area contributed by atoms with E-state index in [4.69, 9.17) is 16.3 Å². The third kappa shape index (κ3) is 6.80. The van der Waals surface area contributed by atoms with Crippen molar-refractivity contribution in [2.75, 3.05) is 49.8 Å². The quantitative estimate of drug-likeness (QED) is 0.536. The minimum Gasteiger partial charge on any atom is -0.383 e. The van der Waals surface area contributed by atoms with E-state index in [1.165, 1.54) is 12.3 Å². The highest BCUT2D eigenvalue weighted by Gasteiger charge is 2.31. The molecule has 0 aliphatic carbocycles. The number of carbonyl (C=O) groups excluding carboxylic acids is 2. The van der Waals surface area contributed by atoms with Crippen LogP contribution in [0.25, 0.3) is 0 Å². The van der Waals surface area contributed by atoms with Crippen LogP contribution in [0.3, 0.4) is 0 Å². The summed E-state index contributed by atoms with van der Waals surface area (Å²) in [7, 11) is -1.86. The second-order valence-corrected chi connectivity index (χ2v) is 12.2. The molecule has 1 aromatic carbocycles. The van der Waals surface area contributed by atoms with Crippen molar-refractivity contribution in [3.63, 3.8) is 0 Å². The Balaban J connectivity index is 1.46. The molecule has 2 fully saturated rings. The molecule has 0 unspecified atom stereocenters. The van der Waals surface area contributed by atoms with E-state index in [-0.39, 0.29) is 22.8 Å². The summed E-state index contributed by atoms with van der Waals surface area (Å²) in [5.41, 5.74) is 0.677. The highest BCUT2D eigenvalue weighted by atomic mass is 35.5. The molecule has 4 rings (SSSR count). The lowest BCUT2D eigenvalue weighted by Gasteiger charge is -2.34. The number of anilines is 2. The second kappa shape index (κ2) is 11.8. The molecule has 9 nitrogen and oxygen atoms in total. The standard InChI is InChI=1S/C26H33ClN4O5S/c1-36-17-21-7-4-10-31(21)24(32)13-18-8-11-30(12-9-18)25-23(15-22(16-28-25)37(2,34)35)29-26(33)19-5-3-6-20(27)14-19/h3,5-6,14-16,18,21H,4,7-13,17H2,1-2H3,(H,29,33)/t21-/m1/s1. The van der Waals surface area contributed by atoms with Gasteiger partial charge in [-0.3, -0.25) is 9.59 Å². The van der Waals surface area contributed by atoms with Crippen LogP contribution in [0.2, 0.25) is 5.02 Å². The molecule has 0 bridgehead atoms. The molecule has 1 atom stereocenters. The number of halogens is 1. The van der Waals surface area contributed by atoms with Gasteiger partial charge in [0.2, 0.25) is 5.91 Å². The number of piperidine rings is 1. The summed E-state index contributed by atoms with van der Waals surface area (Å²) >= 11 is 6.03. The van der Waals surface area contributed by atoms with Crippen molar-refractivity contribution >= 4 is 44.8 Å². The highest BCUT2D eigenvalue weighted by molar-refractivity contribution is 7.90. The van der Waals surface area contributed by atoms with Crippen LogP contribution in [0.4, 0.5) is 11.5 Å². The topological polar surface area (TPSA) is 109 Å². The number of aromatic nitrogens is 1. The molecule has 2 saturated heterocycles. The summed E-state index contributed by atoms with van der Waals surface area (Å²) in [6.45, 7) is 2.65. The van der Waals surface area contributed by atoms with Crippen LogP contribution >= 0.6 is 11.6 Å². The molecular weight excluding hydrogens is 516 g/mol. The van der Waals surface area contributed by atoms with Gasteiger partial charge in [0.1, 0.15) is 0 Å². The minimum absolute atomic E-state index is 0.0225. The average molecular weight is 549 g/mol. The lowest BCUT2D eigenvalue weighted by molar-refractivity contribution is -0.134. The lowest BCUT2D eigenvalue weighted by Crippen LogP contribution is -2.41. The Morgan fingerprint density at radius 1 is 1.16 bits per heavy atom. The predicted molar refractivity (Wildman–Crippen MR) is 143 cm³/mol. The van der Waals surface area contributed by atoms with Crippen LogP contribution in [0.1, 0.15) is 42.5 Å². The van der Waals surface area contributed by atoms with Gasteiger partial charge < -0.3 is 19.9 Å². The number of sulfone groups is 1. The smallest absolute Gasteiger partial charge is 0.255 e. The second-order valence-electron chi connectivity index (χ2n) is 9.75. The van der Waals surface area contributed by atoms with Crippen molar-refractivity contribution < 1.29 is 22.7 Å². The summed E-state index contributed by atoms with van der Waals surface area (Å²) in [5, 5.41) is 3.25. The Morgan fingerprint density at radius 2 is 1.92 bits per heavy atom. The number of benzene rings is 1. The maximum atomic E-state index is 12.9. The van der Waals surface area contributed by atoms with Crippen LogP contribution in [-0.4, -0.2) is 75.8 Å². The van der Waals surface area contributed by atoms with Gasteiger partial charge in [0.15, 0.2) is 15.7 Å². The van der Waals surface area contributed by atoms with E-state index < -0.39 is 15.7 Å². The van der Waals surface area contributed by atoms with Gasteiger partial charge >= 0.3 is 0 Å². The molecule has 0 saturated carbocycles. The zero-order chi connectivity index (χ0) is 26.6. The van der Waals surface area contributed by atoms with E-state index >= 15 is 0 Å². The van der Waals surface area contributed by atoms with E-state index in [1.54, 1.807) is 31.4 Å². The highest BCUT2D eigenvalue weighted by Crippen LogP contribution is 2.32. The number of ether oxygens (including phenoxy) is 1. The fourth-order valence-corrected chi connectivity index (χ4v) is 5.82. The molecule has 0 spiro atoms. The van der Waals surface area contributed by atoms with Crippen molar-refractivity contribution in [1.82, 2.24) is 9.88 Å². The van der Waals surface area contributed by atoms with Crippen molar-refractivity contribution in [1.29, 1.82) is 0 Å². The first-order valence-corrected chi connectivity index (χ1v) is 14.7. The van der Waals surface area contributed by atoms with Crippen molar-refractivity contribution in [2.24, 2.45) is 5.92 Å². The molecule has 2 aliphatic heterocycles. The number of nitrogens with zero attached hydrogens (tertiary/aromatic N) is 3. The number of rotatable bonds is 8. The van der Waals surface area contributed by atoms with Crippen molar-refractivity contribution in [3.05, 3.63) is 47.1 Å².